The van der Waals surface area contributed by atoms with Crippen molar-refractivity contribution in [2.45, 2.75) is 17.2 Å². The van der Waals surface area contributed by atoms with Crippen molar-refractivity contribution in [1.82, 2.24) is 15.5 Å². The monoisotopic (exact) mass is 440 g/mol. The van der Waals surface area contributed by atoms with Crippen LogP contribution in [0, 0.1) is 5.82 Å². The zero-order valence-electron chi connectivity index (χ0n) is 15.9. The molecule has 1 aliphatic rings. The maximum absolute atomic E-state index is 13.5. The first-order chi connectivity index (χ1) is 14.5. The number of rotatable bonds is 4. The Hall–Kier alpha value is -3.11. The van der Waals surface area contributed by atoms with Crippen LogP contribution in [-0.4, -0.2) is 33.4 Å². The van der Waals surface area contributed by atoms with Crippen molar-refractivity contribution in [2.24, 2.45) is 9.98 Å². The lowest BCUT2D eigenvalue weighted by atomic mass is 9.93. The molecule has 2 heterocycles. The van der Waals surface area contributed by atoms with Crippen LogP contribution in [0.15, 0.2) is 62.9 Å². The second kappa shape index (κ2) is 8.72. The number of amidine groups is 1. The summed E-state index contributed by atoms with van der Waals surface area (Å²) in [5.74, 6) is -0.423. The first-order valence-corrected chi connectivity index (χ1v) is 10.8. The molecule has 2 aromatic carbocycles. The van der Waals surface area contributed by atoms with E-state index in [1.807, 2.05) is 31.2 Å². The molecule has 1 aromatic heterocycles. The van der Waals surface area contributed by atoms with E-state index in [1.54, 1.807) is 12.1 Å². The zero-order chi connectivity index (χ0) is 21.1. The van der Waals surface area contributed by atoms with E-state index in [0.717, 1.165) is 11.3 Å². The van der Waals surface area contributed by atoms with E-state index in [-0.39, 0.29) is 17.5 Å². The number of nitrogens with one attached hydrogen (secondary N) is 1. The molecular weight excluding hydrogens is 423 g/mol. The number of carbonyl (C=O) groups is 1. The highest BCUT2D eigenvalue weighted by Gasteiger charge is 2.26. The Morgan fingerprint density at radius 2 is 1.83 bits per heavy atom. The van der Waals surface area contributed by atoms with E-state index in [2.05, 4.69) is 15.5 Å². The van der Waals surface area contributed by atoms with Crippen molar-refractivity contribution in [2.75, 3.05) is 11.5 Å². The Morgan fingerprint density at radius 1 is 1.13 bits per heavy atom. The lowest BCUT2D eigenvalue weighted by Crippen LogP contribution is -2.38. The average Bonchev–Trinajstić information content (AvgIpc) is 3.08. The summed E-state index contributed by atoms with van der Waals surface area (Å²) in [6, 6.07) is 13.6. The SMILES string of the molecule is CC1=Nc2ccccc2N=C(NC(=O)CSc2nnc(N)s2)C1c1ccc(F)cc1. The summed E-state index contributed by atoms with van der Waals surface area (Å²) in [5.41, 5.74) is 8.48. The number of aromatic nitrogens is 2. The summed E-state index contributed by atoms with van der Waals surface area (Å²) in [6.07, 6.45) is 0. The molecule has 0 saturated heterocycles. The third kappa shape index (κ3) is 4.55. The summed E-state index contributed by atoms with van der Waals surface area (Å²) in [5, 5.41) is 10.9. The van der Waals surface area contributed by atoms with Crippen LogP contribution in [0.2, 0.25) is 0 Å². The van der Waals surface area contributed by atoms with E-state index >= 15 is 0 Å². The molecule has 3 N–H and O–H groups in total. The van der Waals surface area contributed by atoms with Gasteiger partial charge in [0.05, 0.1) is 23.0 Å². The number of para-hydroxylation sites is 2. The second-order valence-corrected chi connectivity index (χ2v) is 8.70. The van der Waals surface area contributed by atoms with Gasteiger partial charge in [0, 0.05) is 5.71 Å². The number of nitrogens with two attached hydrogens (primary N) is 1. The molecule has 0 bridgehead atoms. The van der Waals surface area contributed by atoms with Gasteiger partial charge in [-0.05, 0) is 36.8 Å². The van der Waals surface area contributed by atoms with E-state index in [0.29, 0.717) is 26.7 Å². The summed E-state index contributed by atoms with van der Waals surface area (Å²) < 4.78 is 14.1. The van der Waals surface area contributed by atoms with Crippen LogP contribution in [-0.2, 0) is 4.79 Å². The number of amides is 1. The molecule has 4 rings (SSSR count). The number of anilines is 1. The molecule has 0 fully saturated rings. The summed E-state index contributed by atoms with van der Waals surface area (Å²) in [7, 11) is 0. The smallest absolute Gasteiger partial charge is 0.235 e. The molecule has 152 valence electrons. The maximum atomic E-state index is 13.5. The lowest BCUT2D eigenvalue weighted by Gasteiger charge is -2.19. The van der Waals surface area contributed by atoms with Gasteiger partial charge in [-0.1, -0.05) is 47.4 Å². The number of thioether (sulfide) groups is 1. The molecule has 0 aliphatic carbocycles. The van der Waals surface area contributed by atoms with Gasteiger partial charge in [-0.25, -0.2) is 9.38 Å². The highest BCUT2D eigenvalue weighted by atomic mass is 32.2. The second-order valence-electron chi connectivity index (χ2n) is 6.47. The Labute approximate surface area is 180 Å². The van der Waals surface area contributed by atoms with Gasteiger partial charge < -0.3 is 11.1 Å². The summed E-state index contributed by atoms with van der Waals surface area (Å²) >= 11 is 2.47. The first-order valence-electron chi connectivity index (χ1n) is 8.99. The predicted molar refractivity (Wildman–Crippen MR) is 119 cm³/mol. The molecule has 0 radical (unpaired) electrons. The summed E-state index contributed by atoms with van der Waals surface area (Å²) in [4.78, 5) is 22.1. The van der Waals surface area contributed by atoms with Gasteiger partial charge in [-0.3, -0.25) is 9.79 Å². The zero-order valence-corrected chi connectivity index (χ0v) is 17.5. The fourth-order valence-electron chi connectivity index (χ4n) is 3.04. The van der Waals surface area contributed by atoms with Gasteiger partial charge >= 0.3 is 0 Å². The van der Waals surface area contributed by atoms with Crippen LogP contribution >= 0.6 is 23.1 Å². The van der Waals surface area contributed by atoms with E-state index in [9.17, 15) is 9.18 Å². The molecule has 1 atom stereocenters. The average molecular weight is 441 g/mol. The molecule has 10 heteroatoms. The topological polar surface area (TPSA) is 106 Å². The quantitative estimate of drug-likeness (QED) is 0.595. The fourth-order valence-corrected chi connectivity index (χ4v) is 4.48. The summed E-state index contributed by atoms with van der Waals surface area (Å²) in [6.45, 7) is 1.87. The number of fused-ring (bicyclic) bond motifs is 1. The Balaban J connectivity index is 1.63. The maximum Gasteiger partial charge on any atom is 0.235 e. The van der Waals surface area contributed by atoms with Crippen LogP contribution in [0.25, 0.3) is 0 Å². The first kappa shape index (κ1) is 20.2. The van der Waals surface area contributed by atoms with Crippen molar-refractivity contribution in [3.05, 3.63) is 59.9 Å². The van der Waals surface area contributed by atoms with Crippen LogP contribution in [0.1, 0.15) is 18.4 Å². The van der Waals surface area contributed by atoms with Gasteiger partial charge in [0.15, 0.2) is 4.34 Å². The molecule has 1 amide bonds. The minimum absolute atomic E-state index is 0.127. The van der Waals surface area contributed by atoms with Gasteiger partial charge in [0.25, 0.3) is 0 Å². The van der Waals surface area contributed by atoms with Crippen molar-refractivity contribution >= 4 is 57.1 Å². The van der Waals surface area contributed by atoms with E-state index in [4.69, 9.17) is 15.7 Å². The molecule has 0 spiro atoms. The molecular formula is C20H17FN6OS2. The Bertz CT molecular complexity index is 1140. The third-order valence-electron chi connectivity index (χ3n) is 4.33. The standard InChI is InChI=1S/C20H17FN6OS2/c1-11-17(12-6-8-13(21)9-7-12)18(24-15-5-3-2-4-14(15)23-11)25-16(28)10-29-20-27-26-19(22)30-20/h2-9,17H,10H2,1H3,(H2,22,26)(H,24,25,28). The lowest BCUT2D eigenvalue weighted by molar-refractivity contribution is -0.117. The van der Waals surface area contributed by atoms with Gasteiger partial charge in [-0.15, -0.1) is 10.2 Å². The van der Waals surface area contributed by atoms with Crippen molar-refractivity contribution < 1.29 is 9.18 Å². The number of hydrogen-bond donors (Lipinski definition) is 2. The van der Waals surface area contributed by atoms with Crippen molar-refractivity contribution in [1.29, 1.82) is 0 Å². The van der Waals surface area contributed by atoms with Crippen molar-refractivity contribution in [3.63, 3.8) is 0 Å². The molecule has 0 saturated carbocycles. The molecule has 1 aliphatic heterocycles. The van der Waals surface area contributed by atoms with Crippen LogP contribution in [0.4, 0.5) is 20.9 Å². The number of carbonyl (C=O) groups excluding carboxylic acids is 1. The van der Waals surface area contributed by atoms with Gasteiger partial charge in [0.1, 0.15) is 11.7 Å². The van der Waals surface area contributed by atoms with Gasteiger partial charge in [0.2, 0.25) is 11.0 Å². The van der Waals surface area contributed by atoms with E-state index < -0.39 is 5.92 Å². The molecule has 3 aromatic rings. The minimum Gasteiger partial charge on any atom is -0.374 e. The number of aliphatic imine (C=N–C) groups is 2. The normalized spacial score (nSPS) is 15.6. The number of nitrogen functional groups attached to an aromatic ring is 1. The van der Waals surface area contributed by atoms with Crippen LogP contribution in [0.3, 0.4) is 0 Å². The number of halogens is 1. The van der Waals surface area contributed by atoms with Crippen LogP contribution in [0.5, 0.6) is 0 Å². The van der Waals surface area contributed by atoms with E-state index in [1.165, 1.54) is 35.2 Å². The minimum atomic E-state index is -0.413. The van der Waals surface area contributed by atoms with Crippen molar-refractivity contribution in [3.8, 4) is 0 Å². The largest absolute Gasteiger partial charge is 0.374 e. The molecule has 30 heavy (non-hydrogen) atoms. The number of benzene rings is 2. The third-order valence-corrected chi connectivity index (χ3v) is 6.22. The molecule has 1 unspecified atom stereocenters. The molecule has 7 nitrogen and oxygen atoms in total. The highest BCUT2D eigenvalue weighted by molar-refractivity contribution is 8.01. The fraction of sp³-hybridized carbons (Fsp3) is 0.150. The Morgan fingerprint density at radius 3 is 2.50 bits per heavy atom. The highest BCUT2D eigenvalue weighted by Crippen LogP contribution is 2.34. The number of hydrogen-bond acceptors (Lipinski definition) is 8. The predicted octanol–water partition coefficient (Wildman–Crippen LogP) is 4.09. The Kier molecular flexibility index (Phi) is 5.86. The number of nitrogens with zero attached hydrogens (tertiary/aromatic N) is 4. The van der Waals surface area contributed by atoms with Gasteiger partial charge in [-0.2, -0.15) is 0 Å². The van der Waals surface area contributed by atoms with Crippen LogP contribution < -0.4 is 11.1 Å².